The molecule has 2 rings (SSSR count). The van der Waals surface area contributed by atoms with Gasteiger partial charge in [-0.25, -0.2) is 5.43 Å². The molecule has 1 atom stereocenters. The molecule has 0 fully saturated rings. The van der Waals surface area contributed by atoms with Gasteiger partial charge in [-0.3, -0.25) is 4.79 Å². The lowest BCUT2D eigenvalue weighted by Crippen LogP contribution is -2.26. The highest BCUT2D eigenvalue weighted by atomic mass is 32.2. The predicted octanol–water partition coefficient (Wildman–Crippen LogP) is 4.16. The highest BCUT2D eigenvalue weighted by molar-refractivity contribution is 8.00. The molecule has 0 spiro atoms. The van der Waals surface area contributed by atoms with Gasteiger partial charge in [0.1, 0.15) is 0 Å². The first-order chi connectivity index (χ1) is 12.1. The van der Waals surface area contributed by atoms with Crippen LogP contribution in [0.3, 0.4) is 0 Å². The zero-order valence-electron chi connectivity index (χ0n) is 15.0. The zero-order chi connectivity index (χ0) is 18.1. The summed E-state index contributed by atoms with van der Waals surface area (Å²) in [6.45, 7) is 8.13. The molecule has 1 N–H and O–H groups in total. The molecular weight excluding hydrogens is 330 g/mol. The van der Waals surface area contributed by atoms with Crippen LogP contribution in [0.5, 0.6) is 0 Å². The molecule has 25 heavy (non-hydrogen) atoms. The van der Waals surface area contributed by atoms with Crippen molar-refractivity contribution >= 4 is 29.6 Å². The first-order valence-corrected chi connectivity index (χ1v) is 9.41. The molecule has 0 radical (unpaired) electrons. The van der Waals surface area contributed by atoms with E-state index in [1.54, 1.807) is 6.21 Å². The van der Waals surface area contributed by atoms with Crippen LogP contribution in [0.1, 0.15) is 26.3 Å². The van der Waals surface area contributed by atoms with Crippen LogP contribution in [0.15, 0.2) is 64.6 Å². The van der Waals surface area contributed by atoms with E-state index < -0.39 is 0 Å². The number of carbonyl (C=O) groups is 1. The average Bonchev–Trinajstić information content (AvgIpc) is 2.64. The largest absolute Gasteiger partial charge is 0.372 e. The molecule has 1 amide bonds. The summed E-state index contributed by atoms with van der Waals surface area (Å²) >= 11 is 1.52. The maximum atomic E-state index is 12.1. The molecule has 2 aromatic rings. The molecule has 0 bridgehead atoms. The number of hydrazone groups is 1. The molecule has 2 aromatic carbocycles. The standard InChI is InChI=1S/C20H25N3OS/c1-4-23(5-2)18-13-11-17(12-14-18)15-21-22-20(24)16(3)25-19-9-7-6-8-10-19/h6-16H,4-5H2,1-3H3,(H,22,24)/b21-15-/t16-/m0/s1. The van der Waals surface area contributed by atoms with Crippen LogP contribution >= 0.6 is 11.8 Å². The van der Waals surface area contributed by atoms with Crippen molar-refractivity contribution in [3.8, 4) is 0 Å². The smallest absolute Gasteiger partial charge is 0.253 e. The molecule has 0 saturated carbocycles. The van der Waals surface area contributed by atoms with Crippen LogP contribution in [-0.2, 0) is 4.79 Å². The van der Waals surface area contributed by atoms with E-state index in [9.17, 15) is 4.79 Å². The van der Waals surface area contributed by atoms with Gasteiger partial charge in [0.2, 0.25) is 0 Å². The van der Waals surface area contributed by atoms with Crippen LogP contribution < -0.4 is 10.3 Å². The van der Waals surface area contributed by atoms with Crippen LogP contribution in [-0.4, -0.2) is 30.5 Å². The third-order valence-electron chi connectivity index (χ3n) is 3.84. The Balaban J connectivity index is 1.86. The Morgan fingerprint density at radius 3 is 2.36 bits per heavy atom. The van der Waals surface area contributed by atoms with Crippen LogP contribution in [0.2, 0.25) is 0 Å². The summed E-state index contributed by atoms with van der Waals surface area (Å²) in [7, 11) is 0. The van der Waals surface area contributed by atoms with Gasteiger partial charge in [0.05, 0.1) is 11.5 Å². The van der Waals surface area contributed by atoms with E-state index in [0.717, 1.165) is 23.5 Å². The summed E-state index contributed by atoms with van der Waals surface area (Å²) in [5.41, 5.74) is 4.76. The number of nitrogens with one attached hydrogen (secondary N) is 1. The van der Waals surface area contributed by atoms with Gasteiger partial charge in [0.25, 0.3) is 5.91 Å². The van der Waals surface area contributed by atoms with Crippen molar-refractivity contribution in [2.45, 2.75) is 30.9 Å². The first kappa shape index (κ1) is 19.1. The molecule has 0 saturated heterocycles. The number of thioether (sulfide) groups is 1. The molecule has 0 unspecified atom stereocenters. The topological polar surface area (TPSA) is 44.7 Å². The minimum absolute atomic E-state index is 0.107. The lowest BCUT2D eigenvalue weighted by molar-refractivity contribution is -0.120. The van der Waals surface area contributed by atoms with E-state index >= 15 is 0 Å². The van der Waals surface area contributed by atoms with Crippen molar-refractivity contribution in [1.82, 2.24) is 5.43 Å². The molecule has 0 aromatic heterocycles. The monoisotopic (exact) mass is 355 g/mol. The molecule has 0 aliphatic carbocycles. The Hall–Kier alpha value is -2.27. The lowest BCUT2D eigenvalue weighted by atomic mass is 10.2. The van der Waals surface area contributed by atoms with Gasteiger partial charge in [-0.1, -0.05) is 30.3 Å². The number of benzene rings is 2. The Bertz CT molecular complexity index is 682. The lowest BCUT2D eigenvalue weighted by Gasteiger charge is -2.20. The number of anilines is 1. The zero-order valence-corrected chi connectivity index (χ0v) is 15.8. The maximum absolute atomic E-state index is 12.1. The molecule has 132 valence electrons. The average molecular weight is 356 g/mol. The van der Waals surface area contributed by atoms with Crippen molar-refractivity contribution < 1.29 is 4.79 Å². The van der Waals surface area contributed by atoms with Crippen LogP contribution in [0, 0.1) is 0 Å². The highest BCUT2D eigenvalue weighted by Crippen LogP contribution is 2.22. The van der Waals surface area contributed by atoms with E-state index in [2.05, 4.69) is 41.4 Å². The van der Waals surface area contributed by atoms with Crippen LogP contribution in [0.25, 0.3) is 0 Å². The number of carbonyl (C=O) groups excluding carboxylic acids is 1. The minimum atomic E-state index is -0.204. The Morgan fingerprint density at radius 1 is 1.12 bits per heavy atom. The van der Waals surface area contributed by atoms with Crippen molar-refractivity contribution in [3.05, 3.63) is 60.2 Å². The van der Waals surface area contributed by atoms with Crippen molar-refractivity contribution in [1.29, 1.82) is 0 Å². The molecule has 5 heteroatoms. The number of amides is 1. The Morgan fingerprint density at radius 2 is 1.76 bits per heavy atom. The second-order valence-corrected chi connectivity index (χ2v) is 6.99. The fourth-order valence-electron chi connectivity index (χ4n) is 2.38. The summed E-state index contributed by atoms with van der Waals surface area (Å²) in [4.78, 5) is 15.5. The summed E-state index contributed by atoms with van der Waals surface area (Å²) < 4.78 is 0. The Labute approximate surface area is 154 Å². The number of rotatable bonds is 8. The third kappa shape index (κ3) is 5.94. The summed E-state index contributed by atoms with van der Waals surface area (Å²) in [5.74, 6) is -0.107. The first-order valence-electron chi connectivity index (χ1n) is 8.53. The quantitative estimate of drug-likeness (QED) is 0.439. The van der Waals surface area contributed by atoms with E-state index in [0.29, 0.717) is 0 Å². The fraction of sp³-hybridized carbons (Fsp3) is 0.300. The number of nitrogens with zero attached hydrogens (tertiary/aromatic N) is 2. The fourth-order valence-corrected chi connectivity index (χ4v) is 3.26. The minimum Gasteiger partial charge on any atom is -0.372 e. The molecule has 0 heterocycles. The highest BCUT2D eigenvalue weighted by Gasteiger charge is 2.13. The van der Waals surface area contributed by atoms with Gasteiger partial charge in [0, 0.05) is 23.7 Å². The second kappa shape index (κ2) is 9.89. The van der Waals surface area contributed by atoms with E-state index in [4.69, 9.17) is 0 Å². The molecular formula is C20H25N3OS. The van der Waals surface area contributed by atoms with Crippen LogP contribution in [0.4, 0.5) is 5.69 Å². The van der Waals surface area contributed by atoms with E-state index in [1.807, 2.05) is 49.4 Å². The van der Waals surface area contributed by atoms with Gasteiger partial charge in [0.15, 0.2) is 0 Å². The number of hydrogen-bond donors (Lipinski definition) is 1. The van der Waals surface area contributed by atoms with Crippen molar-refractivity contribution in [2.75, 3.05) is 18.0 Å². The normalized spacial score (nSPS) is 12.1. The van der Waals surface area contributed by atoms with Gasteiger partial charge in [-0.05, 0) is 50.6 Å². The van der Waals surface area contributed by atoms with Crippen molar-refractivity contribution in [3.63, 3.8) is 0 Å². The summed E-state index contributed by atoms with van der Waals surface area (Å²) in [6, 6.07) is 18.0. The maximum Gasteiger partial charge on any atom is 0.253 e. The van der Waals surface area contributed by atoms with Gasteiger partial charge in [-0.15, -0.1) is 11.8 Å². The number of hydrogen-bond acceptors (Lipinski definition) is 4. The summed E-state index contributed by atoms with van der Waals surface area (Å²) in [5, 5.41) is 3.86. The van der Waals surface area contributed by atoms with E-state index in [1.165, 1.54) is 17.4 Å². The Kier molecular flexibility index (Phi) is 7.54. The van der Waals surface area contributed by atoms with Gasteiger partial charge in [-0.2, -0.15) is 5.10 Å². The SMILES string of the molecule is CCN(CC)c1ccc(/C=N\NC(=O)[C@H](C)Sc2ccccc2)cc1. The van der Waals surface area contributed by atoms with Gasteiger partial charge < -0.3 is 4.90 Å². The molecule has 4 nitrogen and oxygen atoms in total. The van der Waals surface area contributed by atoms with Gasteiger partial charge >= 0.3 is 0 Å². The van der Waals surface area contributed by atoms with Crippen molar-refractivity contribution in [2.24, 2.45) is 5.10 Å². The molecule has 0 aliphatic rings. The summed E-state index contributed by atoms with van der Waals surface area (Å²) in [6.07, 6.45) is 1.67. The van der Waals surface area contributed by atoms with E-state index in [-0.39, 0.29) is 11.2 Å². The predicted molar refractivity (Wildman–Crippen MR) is 108 cm³/mol. The molecule has 0 aliphatic heterocycles. The third-order valence-corrected chi connectivity index (χ3v) is 4.95. The second-order valence-electron chi connectivity index (χ2n) is 5.57.